The first-order chi connectivity index (χ1) is 12.3. The Morgan fingerprint density at radius 2 is 1.96 bits per heavy atom. The number of hydrogen-bond donors (Lipinski definition) is 1. The molecule has 0 saturated heterocycles. The summed E-state index contributed by atoms with van der Waals surface area (Å²) in [6, 6.07) is 8.69. The number of carbonyl (C=O) groups is 2. The fraction of sp³-hybridized carbons (Fsp3) is 0.125. The van der Waals surface area contributed by atoms with Crippen molar-refractivity contribution in [1.82, 2.24) is 0 Å². The Kier molecular flexibility index (Phi) is 6.45. The van der Waals surface area contributed by atoms with Crippen LogP contribution in [0.15, 0.2) is 42.5 Å². The summed E-state index contributed by atoms with van der Waals surface area (Å²) in [5, 5.41) is 12.9. The van der Waals surface area contributed by atoms with Crippen LogP contribution in [0.4, 0.5) is 15.8 Å². The molecular weight excluding hydrogens is 371 g/mol. The molecule has 0 unspecified atom stereocenters. The monoisotopic (exact) mass is 382 g/mol. The minimum atomic E-state index is -0.834. The van der Waals surface area contributed by atoms with E-state index in [1.54, 1.807) is 0 Å². The zero-order chi connectivity index (χ0) is 19.1. The number of esters is 1. The molecule has 0 aromatic heterocycles. The number of nitrogens with zero attached hydrogens (tertiary/aromatic N) is 1. The summed E-state index contributed by atoms with van der Waals surface area (Å²) in [6.07, 6.45) is 0. The highest BCUT2D eigenvalue weighted by Gasteiger charge is 2.13. The standard InChI is InChI=1S/C16H12ClFN2O6/c17-13-7-11(20(23)24)4-5-14(13)19-15(21)8-26-16(22)9-25-12-3-1-2-10(18)6-12/h1-7H,8-9H2,(H,19,21). The van der Waals surface area contributed by atoms with Crippen molar-refractivity contribution in [3.63, 3.8) is 0 Å². The number of nitro groups is 1. The van der Waals surface area contributed by atoms with Crippen LogP contribution < -0.4 is 10.1 Å². The number of non-ortho nitro benzene ring substituents is 1. The smallest absolute Gasteiger partial charge is 0.344 e. The fourth-order valence-corrected chi connectivity index (χ4v) is 2.01. The number of amides is 1. The molecule has 0 saturated carbocycles. The summed E-state index contributed by atoms with van der Waals surface area (Å²) in [5.41, 5.74) is -0.0942. The number of ether oxygens (including phenoxy) is 2. The van der Waals surface area contributed by atoms with E-state index in [-0.39, 0.29) is 22.1 Å². The molecule has 10 heteroatoms. The van der Waals surface area contributed by atoms with E-state index in [9.17, 15) is 24.1 Å². The third kappa shape index (κ3) is 5.71. The van der Waals surface area contributed by atoms with E-state index < -0.39 is 35.8 Å². The van der Waals surface area contributed by atoms with Crippen molar-refractivity contribution < 1.29 is 28.4 Å². The van der Waals surface area contributed by atoms with E-state index in [0.29, 0.717) is 0 Å². The van der Waals surface area contributed by atoms with Crippen molar-refractivity contribution in [1.29, 1.82) is 0 Å². The van der Waals surface area contributed by atoms with Crippen molar-refractivity contribution in [3.8, 4) is 5.75 Å². The summed E-state index contributed by atoms with van der Waals surface area (Å²) >= 11 is 5.83. The molecule has 1 N–H and O–H groups in total. The Hall–Kier alpha value is -3.20. The van der Waals surface area contributed by atoms with Crippen LogP contribution in [-0.2, 0) is 14.3 Å². The molecular formula is C16H12ClFN2O6. The van der Waals surface area contributed by atoms with Gasteiger partial charge in [-0.1, -0.05) is 17.7 Å². The Morgan fingerprint density at radius 3 is 2.62 bits per heavy atom. The molecule has 136 valence electrons. The van der Waals surface area contributed by atoms with Crippen molar-refractivity contribution in [3.05, 3.63) is 63.4 Å². The number of hydrogen-bond acceptors (Lipinski definition) is 6. The molecule has 2 aromatic rings. The van der Waals surface area contributed by atoms with Gasteiger partial charge in [0.05, 0.1) is 15.6 Å². The Balaban J connectivity index is 1.79. The highest BCUT2D eigenvalue weighted by molar-refractivity contribution is 6.34. The van der Waals surface area contributed by atoms with Crippen molar-refractivity contribution in [2.75, 3.05) is 18.5 Å². The predicted molar refractivity (Wildman–Crippen MR) is 89.6 cm³/mol. The van der Waals surface area contributed by atoms with Gasteiger partial charge in [0.25, 0.3) is 11.6 Å². The molecule has 26 heavy (non-hydrogen) atoms. The van der Waals surface area contributed by atoms with E-state index >= 15 is 0 Å². The van der Waals surface area contributed by atoms with Crippen LogP contribution in [0.5, 0.6) is 5.75 Å². The van der Waals surface area contributed by atoms with Gasteiger partial charge in [-0.25, -0.2) is 9.18 Å². The van der Waals surface area contributed by atoms with Gasteiger partial charge in [0, 0.05) is 18.2 Å². The van der Waals surface area contributed by atoms with Gasteiger partial charge in [-0.05, 0) is 18.2 Å². The van der Waals surface area contributed by atoms with Crippen molar-refractivity contribution >= 4 is 34.9 Å². The zero-order valence-electron chi connectivity index (χ0n) is 13.1. The topological polar surface area (TPSA) is 108 Å². The molecule has 0 fully saturated rings. The quantitative estimate of drug-likeness (QED) is 0.448. The third-order valence-electron chi connectivity index (χ3n) is 2.95. The van der Waals surface area contributed by atoms with Crippen LogP contribution >= 0.6 is 11.6 Å². The number of benzene rings is 2. The number of rotatable bonds is 7. The summed E-state index contributed by atoms with van der Waals surface area (Å²) in [5.74, 6) is -1.90. The second-order valence-corrected chi connectivity index (χ2v) is 5.28. The van der Waals surface area contributed by atoms with E-state index in [4.69, 9.17) is 21.1 Å². The van der Waals surface area contributed by atoms with Gasteiger partial charge in [0.2, 0.25) is 0 Å². The summed E-state index contributed by atoms with van der Waals surface area (Å²) in [7, 11) is 0. The molecule has 0 atom stereocenters. The normalized spacial score (nSPS) is 10.1. The number of carbonyl (C=O) groups excluding carboxylic acids is 2. The summed E-state index contributed by atoms with van der Waals surface area (Å²) in [4.78, 5) is 33.2. The number of anilines is 1. The lowest BCUT2D eigenvalue weighted by atomic mass is 10.3. The van der Waals surface area contributed by atoms with Crippen LogP contribution in [0.3, 0.4) is 0 Å². The lowest BCUT2D eigenvalue weighted by Crippen LogP contribution is -2.23. The minimum Gasteiger partial charge on any atom is -0.482 e. The van der Waals surface area contributed by atoms with Gasteiger partial charge >= 0.3 is 5.97 Å². The Morgan fingerprint density at radius 1 is 1.19 bits per heavy atom. The summed E-state index contributed by atoms with van der Waals surface area (Å²) in [6.45, 7) is -1.12. The largest absolute Gasteiger partial charge is 0.482 e. The number of halogens is 2. The second kappa shape index (κ2) is 8.77. The van der Waals surface area contributed by atoms with Gasteiger partial charge in [-0.2, -0.15) is 0 Å². The lowest BCUT2D eigenvalue weighted by molar-refractivity contribution is -0.384. The van der Waals surface area contributed by atoms with Gasteiger partial charge in [0.15, 0.2) is 13.2 Å². The van der Waals surface area contributed by atoms with Crippen molar-refractivity contribution in [2.24, 2.45) is 0 Å². The maximum Gasteiger partial charge on any atom is 0.344 e. The van der Waals surface area contributed by atoms with Crippen LogP contribution in [0.25, 0.3) is 0 Å². The lowest BCUT2D eigenvalue weighted by Gasteiger charge is -2.09. The van der Waals surface area contributed by atoms with Gasteiger partial charge in [-0.15, -0.1) is 0 Å². The first-order valence-corrected chi connectivity index (χ1v) is 7.51. The second-order valence-electron chi connectivity index (χ2n) is 4.88. The SMILES string of the molecule is O=C(COC(=O)COc1cccc(F)c1)Nc1ccc([N+](=O)[O-])cc1Cl. The van der Waals surface area contributed by atoms with Crippen LogP contribution in [-0.4, -0.2) is 30.0 Å². The first-order valence-electron chi connectivity index (χ1n) is 7.13. The molecule has 2 aromatic carbocycles. The zero-order valence-corrected chi connectivity index (χ0v) is 13.9. The van der Waals surface area contributed by atoms with E-state index in [0.717, 1.165) is 12.1 Å². The fourth-order valence-electron chi connectivity index (χ4n) is 1.79. The molecule has 1 amide bonds. The number of nitro benzene ring substituents is 1. The molecule has 0 aliphatic rings. The highest BCUT2D eigenvalue weighted by atomic mass is 35.5. The maximum atomic E-state index is 13.0. The molecule has 0 heterocycles. The number of nitrogens with one attached hydrogen (secondary N) is 1. The molecule has 8 nitrogen and oxygen atoms in total. The molecule has 0 radical (unpaired) electrons. The Labute approximate surface area is 151 Å². The molecule has 0 aliphatic carbocycles. The third-order valence-corrected chi connectivity index (χ3v) is 3.27. The molecule has 0 aliphatic heterocycles. The van der Waals surface area contributed by atoms with E-state index in [1.165, 1.54) is 30.3 Å². The van der Waals surface area contributed by atoms with Crippen LogP contribution in [0, 0.1) is 15.9 Å². The molecule has 0 spiro atoms. The summed E-state index contributed by atoms with van der Waals surface area (Å²) < 4.78 is 22.7. The highest BCUT2D eigenvalue weighted by Crippen LogP contribution is 2.26. The average Bonchev–Trinajstić information content (AvgIpc) is 2.60. The predicted octanol–water partition coefficient (Wildman–Crippen LogP) is 2.95. The maximum absolute atomic E-state index is 13.0. The Bertz CT molecular complexity index is 845. The minimum absolute atomic E-state index is 0.0340. The molecule has 2 rings (SSSR count). The van der Waals surface area contributed by atoms with Gasteiger partial charge < -0.3 is 14.8 Å². The first kappa shape index (κ1) is 19.1. The van der Waals surface area contributed by atoms with E-state index in [2.05, 4.69) is 5.32 Å². The van der Waals surface area contributed by atoms with Gasteiger partial charge in [-0.3, -0.25) is 14.9 Å². The van der Waals surface area contributed by atoms with Crippen LogP contribution in [0.2, 0.25) is 5.02 Å². The average molecular weight is 383 g/mol. The van der Waals surface area contributed by atoms with E-state index in [1.807, 2.05) is 0 Å². The van der Waals surface area contributed by atoms with Crippen molar-refractivity contribution in [2.45, 2.75) is 0 Å². The van der Waals surface area contributed by atoms with Crippen LogP contribution in [0.1, 0.15) is 0 Å². The molecule has 0 bridgehead atoms. The van der Waals surface area contributed by atoms with Gasteiger partial charge in [0.1, 0.15) is 11.6 Å².